The van der Waals surface area contributed by atoms with Gasteiger partial charge in [-0.3, -0.25) is 4.79 Å². The Hall–Kier alpha value is -4.07. The van der Waals surface area contributed by atoms with Crippen LogP contribution in [0.1, 0.15) is 17.2 Å². The molecule has 0 unspecified atom stereocenters. The monoisotopic (exact) mass is 417 g/mol. The van der Waals surface area contributed by atoms with Crippen LogP contribution in [0.3, 0.4) is 0 Å². The maximum atomic E-state index is 13.1. The first-order chi connectivity index (χ1) is 15.1. The number of hydrogen-bond acceptors (Lipinski definition) is 5. The summed E-state index contributed by atoms with van der Waals surface area (Å²) in [5.74, 6) is 0.443. The molecule has 0 aliphatic carbocycles. The third-order valence-corrected chi connectivity index (χ3v) is 4.73. The number of carbonyl (C=O) groups excluding carboxylic acids is 1. The molecule has 1 atom stereocenters. The summed E-state index contributed by atoms with van der Waals surface area (Å²) >= 11 is 0. The lowest BCUT2D eigenvalue weighted by Crippen LogP contribution is -2.32. The molecule has 4 rings (SSSR count). The molecular weight excluding hydrogens is 397 g/mol. The Morgan fingerprint density at radius 3 is 2.35 bits per heavy atom. The van der Waals surface area contributed by atoms with Gasteiger partial charge in [-0.15, -0.1) is 10.2 Å². The molecule has 31 heavy (non-hydrogen) atoms. The number of nitrogens with zero attached hydrogens (tertiary/aromatic N) is 4. The van der Waals surface area contributed by atoms with Crippen LogP contribution in [0, 0.1) is 5.82 Å². The molecule has 4 aromatic rings. The van der Waals surface area contributed by atoms with Crippen molar-refractivity contribution in [2.45, 2.75) is 12.6 Å². The van der Waals surface area contributed by atoms with Gasteiger partial charge in [-0.2, -0.15) is 4.80 Å². The Morgan fingerprint density at radius 2 is 1.68 bits per heavy atom. The first-order valence-electron chi connectivity index (χ1n) is 9.64. The molecule has 0 saturated carbocycles. The number of aromatic nitrogens is 4. The van der Waals surface area contributed by atoms with Crippen LogP contribution in [0.5, 0.6) is 5.75 Å². The maximum absolute atomic E-state index is 13.1. The minimum absolute atomic E-state index is 0.103. The van der Waals surface area contributed by atoms with Crippen LogP contribution in [0.25, 0.3) is 11.4 Å². The number of benzene rings is 3. The Kier molecular flexibility index (Phi) is 5.98. The van der Waals surface area contributed by atoms with E-state index in [4.69, 9.17) is 4.74 Å². The van der Waals surface area contributed by atoms with Gasteiger partial charge in [0.1, 0.15) is 18.1 Å². The topological polar surface area (TPSA) is 81.9 Å². The fraction of sp³-hybridized carbons (Fsp3) is 0.130. The molecule has 0 radical (unpaired) electrons. The van der Waals surface area contributed by atoms with E-state index in [2.05, 4.69) is 20.7 Å². The van der Waals surface area contributed by atoms with Gasteiger partial charge in [0, 0.05) is 5.56 Å². The van der Waals surface area contributed by atoms with Gasteiger partial charge in [0.25, 0.3) is 0 Å². The average molecular weight is 417 g/mol. The molecule has 0 fully saturated rings. The molecule has 7 nitrogen and oxygen atoms in total. The number of nitrogens with one attached hydrogen (secondary N) is 1. The molecule has 0 aliphatic heterocycles. The predicted octanol–water partition coefficient (Wildman–Crippen LogP) is 3.39. The highest BCUT2D eigenvalue weighted by molar-refractivity contribution is 5.76. The second-order valence-electron chi connectivity index (χ2n) is 6.83. The first-order valence-corrected chi connectivity index (χ1v) is 9.64. The lowest BCUT2D eigenvalue weighted by atomic mass is 9.98. The molecule has 1 heterocycles. The molecule has 1 amide bonds. The van der Waals surface area contributed by atoms with Gasteiger partial charge in [-0.25, -0.2) is 4.39 Å². The van der Waals surface area contributed by atoms with Crippen molar-refractivity contribution in [2.75, 3.05) is 7.11 Å². The summed E-state index contributed by atoms with van der Waals surface area (Å²) in [6.45, 7) is -0.103. The fourth-order valence-electron chi connectivity index (χ4n) is 3.16. The van der Waals surface area contributed by atoms with Crippen molar-refractivity contribution in [3.63, 3.8) is 0 Å². The summed E-state index contributed by atoms with van der Waals surface area (Å²) in [7, 11) is 1.61. The third-order valence-electron chi connectivity index (χ3n) is 4.73. The Balaban J connectivity index is 1.50. The minimum atomic E-state index is -0.348. The van der Waals surface area contributed by atoms with E-state index in [0.29, 0.717) is 11.4 Å². The molecule has 8 heteroatoms. The summed E-state index contributed by atoms with van der Waals surface area (Å²) in [6.07, 6.45) is 0. The highest BCUT2D eigenvalue weighted by atomic mass is 19.1. The summed E-state index contributed by atoms with van der Waals surface area (Å²) in [6, 6.07) is 22.6. The predicted molar refractivity (Wildman–Crippen MR) is 113 cm³/mol. The number of carbonyl (C=O) groups is 1. The van der Waals surface area contributed by atoms with Crippen LogP contribution >= 0.6 is 0 Å². The molecular formula is C23H20FN5O2. The SMILES string of the molecule is COc1ccc([C@H](NC(=O)Cn2nnc(-c3ccc(F)cc3)n2)c2ccccc2)cc1. The zero-order chi connectivity index (χ0) is 21.6. The lowest BCUT2D eigenvalue weighted by molar-refractivity contribution is -0.122. The molecule has 1 aromatic heterocycles. The van der Waals surface area contributed by atoms with Crippen LogP contribution < -0.4 is 10.1 Å². The number of rotatable bonds is 7. The lowest BCUT2D eigenvalue weighted by Gasteiger charge is -2.20. The molecule has 0 saturated heterocycles. The van der Waals surface area contributed by atoms with Gasteiger partial charge in [0.15, 0.2) is 0 Å². The largest absolute Gasteiger partial charge is 0.497 e. The smallest absolute Gasteiger partial charge is 0.244 e. The van der Waals surface area contributed by atoms with Gasteiger partial charge in [-0.1, -0.05) is 42.5 Å². The Morgan fingerprint density at radius 1 is 1.00 bits per heavy atom. The van der Waals surface area contributed by atoms with Crippen molar-refractivity contribution in [3.8, 4) is 17.1 Å². The fourth-order valence-corrected chi connectivity index (χ4v) is 3.16. The molecule has 0 aliphatic rings. The van der Waals surface area contributed by atoms with E-state index in [1.807, 2.05) is 54.6 Å². The van der Waals surface area contributed by atoms with Crippen molar-refractivity contribution >= 4 is 5.91 Å². The zero-order valence-corrected chi connectivity index (χ0v) is 16.8. The quantitative estimate of drug-likeness (QED) is 0.498. The van der Waals surface area contributed by atoms with E-state index in [-0.39, 0.29) is 24.3 Å². The van der Waals surface area contributed by atoms with E-state index >= 15 is 0 Å². The molecule has 0 bridgehead atoms. The first kappa shape index (κ1) is 20.2. The van der Waals surface area contributed by atoms with Gasteiger partial charge in [0.05, 0.1) is 13.2 Å². The average Bonchev–Trinajstić information content (AvgIpc) is 3.27. The minimum Gasteiger partial charge on any atom is -0.497 e. The molecule has 3 aromatic carbocycles. The third kappa shape index (κ3) is 4.92. The molecule has 1 N–H and O–H groups in total. The Bertz CT molecular complexity index is 1140. The van der Waals surface area contributed by atoms with Crippen molar-refractivity contribution < 1.29 is 13.9 Å². The zero-order valence-electron chi connectivity index (χ0n) is 16.8. The van der Waals surface area contributed by atoms with E-state index in [1.54, 1.807) is 19.2 Å². The normalized spacial score (nSPS) is 11.7. The van der Waals surface area contributed by atoms with E-state index < -0.39 is 0 Å². The van der Waals surface area contributed by atoms with Gasteiger partial charge in [-0.05, 0) is 52.7 Å². The number of tetrazole rings is 1. The van der Waals surface area contributed by atoms with Crippen LogP contribution in [0.15, 0.2) is 78.9 Å². The highest BCUT2D eigenvalue weighted by Crippen LogP contribution is 2.24. The molecule has 0 spiro atoms. The Labute approximate surface area is 178 Å². The van der Waals surface area contributed by atoms with Crippen molar-refractivity contribution in [2.24, 2.45) is 0 Å². The summed E-state index contributed by atoms with van der Waals surface area (Å²) < 4.78 is 18.3. The highest BCUT2D eigenvalue weighted by Gasteiger charge is 2.18. The van der Waals surface area contributed by atoms with Crippen LogP contribution in [0.4, 0.5) is 4.39 Å². The maximum Gasteiger partial charge on any atom is 0.244 e. The van der Waals surface area contributed by atoms with Crippen LogP contribution in [-0.2, 0) is 11.3 Å². The van der Waals surface area contributed by atoms with Crippen molar-refractivity contribution in [1.82, 2.24) is 25.5 Å². The van der Waals surface area contributed by atoms with Gasteiger partial charge >= 0.3 is 0 Å². The molecule has 156 valence electrons. The van der Waals surface area contributed by atoms with E-state index in [0.717, 1.165) is 16.9 Å². The van der Waals surface area contributed by atoms with Gasteiger partial charge in [0.2, 0.25) is 11.7 Å². The summed E-state index contributed by atoms with van der Waals surface area (Å²) in [5, 5.41) is 15.1. The second kappa shape index (κ2) is 9.17. The van der Waals surface area contributed by atoms with Crippen molar-refractivity contribution in [1.29, 1.82) is 0 Å². The second-order valence-corrected chi connectivity index (χ2v) is 6.83. The van der Waals surface area contributed by atoms with E-state index in [9.17, 15) is 9.18 Å². The summed E-state index contributed by atoms with van der Waals surface area (Å²) in [4.78, 5) is 14.0. The van der Waals surface area contributed by atoms with Crippen molar-refractivity contribution in [3.05, 3.63) is 95.8 Å². The number of ether oxygens (including phenoxy) is 1. The van der Waals surface area contributed by atoms with E-state index in [1.165, 1.54) is 16.9 Å². The number of hydrogen-bond donors (Lipinski definition) is 1. The number of methoxy groups -OCH3 is 1. The number of amides is 1. The summed E-state index contributed by atoms with van der Waals surface area (Å²) in [5.41, 5.74) is 2.48. The van der Waals surface area contributed by atoms with Crippen LogP contribution in [-0.4, -0.2) is 33.2 Å². The van der Waals surface area contributed by atoms with Gasteiger partial charge < -0.3 is 10.1 Å². The van der Waals surface area contributed by atoms with Crippen LogP contribution in [0.2, 0.25) is 0 Å². The standard InChI is InChI=1S/C23H20FN5O2/c1-31-20-13-9-17(10-14-20)22(16-5-3-2-4-6-16)25-21(30)15-29-27-23(26-28-29)18-7-11-19(24)12-8-18/h2-14,22H,15H2,1H3,(H,25,30)/t22-/m1/s1. The number of halogens is 1.